The van der Waals surface area contributed by atoms with E-state index in [4.69, 9.17) is 0 Å². The van der Waals surface area contributed by atoms with Crippen LogP contribution >= 0.6 is 0 Å². The highest BCUT2D eigenvalue weighted by Crippen LogP contribution is 2.17. The molecule has 142 valence electrons. The van der Waals surface area contributed by atoms with Crippen molar-refractivity contribution in [1.82, 2.24) is 15.6 Å². The molecule has 0 saturated carbocycles. The van der Waals surface area contributed by atoms with Crippen molar-refractivity contribution >= 4 is 26.7 Å². The molecule has 0 saturated heterocycles. The summed E-state index contributed by atoms with van der Waals surface area (Å²) >= 11 is 0. The van der Waals surface area contributed by atoms with E-state index in [2.05, 4.69) is 32.7 Å². The quantitative estimate of drug-likeness (QED) is 0.450. The van der Waals surface area contributed by atoms with Gasteiger partial charge in [-0.2, -0.15) is 0 Å². The lowest BCUT2D eigenvalue weighted by Gasteiger charge is -2.12. The zero-order chi connectivity index (χ0) is 19.3. The largest absolute Gasteiger partial charge is 0.361 e. The Hall–Kier alpha value is -2.80. The molecule has 3 aromatic rings. The number of aliphatic imine (C=N–C) groups is 1. The molecule has 7 heteroatoms. The van der Waals surface area contributed by atoms with Gasteiger partial charge in [-0.15, -0.1) is 0 Å². The van der Waals surface area contributed by atoms with Crippen molar-refractivity contribution in [2.24, 2.45) is 4.99 Å². The lowest BCUT2D eigenvalue weighted by atomic mass is 10.1. The van der Waals surface area contributed by atoms with Gasteiger partial charge in [0.15, 0.2) is 15.8 Å². The van der Waals surface area contributed by atoms with Crippen LogP contribution in [0.25, 0.3) is 10.9 Å². The van der Waals surface area contributed by atoms with E-state index in [1.54, 1.807) is 19.2 Å². The van der Waals surface area contributed by atoms with E-state index in [0.29, 0.717) is 17.4 Å². The Labute approximate surface area is 159 Å². The summed E-state index contributed by atoms with van der Waals surface area (Å²) in [4.78, 5) is 7.84. The van der Waals surface area contributed by atoms with E-state index in [0.717, 1.165) is 24.0 Å². The summed E-state index contributed by atoms with van der Waals surface area (Å²) in [7, 11) is -1.43. The SMILES string of the molecule is CN=C(NCCc1c[nH]c2ccccc12)NCc1ccc(S(C)(=O)=O)cc1. The number of hydrogen-bond donors (Lipinski definition) is 3. The van der Waals surface area contributed by atoms with Crippen molar-refractivity contribution in [3.05, 3.63) is 65.9 Å². The highest BCUT2D eigenvalue weighted by atomic mass is 32.2. The second kappa shape index (κ2) is 8.26. The van der Waals surface area contributed by atoms with Crippen LogP contribution in [0.4, 0.5) is 0 Å². The highest BCUT2D eigenvalue weighted by molar-refractivity contribution is 7.90. The highest BCUT2D eigenvalue weighted by Gasteiger charge is 2.07. The topological polar surface area (TPSA) is 86.3 Å². The van der Waals surface area contributed by atoms with Gasteiger partial charge in [-0.25, -0.2) is 8.42 Å². The fraction of sp³-hybridized carbons (Fsp3) is 0.250. The Bertz CT molecular complexity index is 1040. The van der Waals surface area contributed by atoms with Crippen molar-refractivity contribution in [1.29, 1.82) is 0 Å². The first-order chi connectivity index (χ1) is 13.0. The number of rotatable bonds is 6. The van der Waals surface area contributed by atoms with Gasteiger partial charge in [0.05, 0.1) is 4.90 Å². The van der Waals surface area contributed by atoms with Gasteiger partial charge in [-0.3, -0.25) is 4.99 Å². The molecule has 0 aliphatic carbocycles. The Kier molecular flexibility index (Phi) is 5.81. The van der Waals surface area contributed by atoms with Gasteiger partial charge in [-0.1, -0.05) is 30.3 Å². The minimum atomic E-state index is -3.16. The summed E-state index contributed by atoms with van der Waals surface area (Å²) in [5.74, 6) is 0.710. The van der Waals surface area contributed by atoms with Gasteiger partial charge >= 0.3 is 0 Å². The lowest BCUT2D eigenvalue weighted by molar-refractivity contribution is 0.602. The maximum atomic E-state index is 11.5. The summed E-state index contributed by atoms with van der Waals surface area (Å²) in [6.45, 7) is 1.32. The number of guanidine groups is 1. The van der Waals surface area contributed by atoms with Crippen molar-refractivity contribution < 1.29 is 8.42 Å². The predicted octanol–water partition coefficient (Wildman–Crippen LogP) is 2.48. The molecule has 0 fully saturated rings. The average Bonchev–Trinajstić information content (AvgIpc) is 3.07. The van der Waals surface area contributed by atoms with Crippen molar-refractivity contribution in [3.63, 3.8) is 0 Å². The van der Waals surface area contributed by atoms with Gasteiger partial charge in [-0.05, 0) is 35.7 Å². The second-order valence-electron chi connectivity index (χ2n) is 6.38. The molecule has 0 aliphatic rings. The molecule has 0 radical (unpaired) electrons. The standard InChI is InChI=1S/C20H24N4O2S/c1-21-20(24-13-15-7-9-17(10-8-15)27(2,25)26)22-12-11-16-14-23-19-6-4-3-5-18(16)19/h3-10,14,23H,11-13H2,1-2H3,(H2,21,22,24). The van der Waals surface area contributed by atoms with Crippen molar-refractivity contribution in [3.8, 4) is 0 Å². The van der Waals surface area contributed by atoms with Crippen LogP contribution in [0.1, 0.15) is 11.1 Å². The number of hydrogen-bond acceptors (Lipinski definition) is 3. The van der Waals surface area contributed by atoms with Crippen molar-refractivity contribution in [2.75, 3.05) is 19.8 Å². The van der Waals surface area contributed by atoms with Crippen LogP contribution in [0.5, 0.6) is 0 Å². The number of fused-ring (bicyclic) bond motifs is 1. The maximum Gasteiger partial charge on any atom is 0.191 e. The lowest BCUT2D eigenvalue weighted by Crippen LogP contribution is -2.37. The first-order valence-electron chi connectivity index (χ1n) is 8.76. The number of aromatic amines is 1. The van der Waals surface area contributed by atoms with E-state index in [1.165, 1.54) is 17.2 Å². The van der Waals surface area contributed by atoms with E-state index in [1.807, 2.05) is 30.5 Å². The first-order valence-corrected chi connectivity index (χ1v) is 10.6. The molecule has 27 heavy (non-hydrogen) atoms. The number of benzene rings is 2. The zero-order valence-corrected chi connectivity index (χ0v) is 16.3. The Morgan fingerprint density at radius 3 is 2.52 bits per heavy atom. The Morgan fingerprint density at radius 1 is 1.07 bits per heavy atom. The Balaban J connectivity index is 1.51. The fourth-order valence-corrected chi connectivity index (χ4v) is 3.55. The molecule has 0 bridgehead atoms. The number of sulfone groups is 1. The van der Waals surface area contributed by atoms with Crippen LogP contribution in [0, 0.1) is 0 Å². The molecule has 3 N–H and O–H groups in total. The summed E-state index contributed by atoms with van der Waals surface area (Å²) in [5, 5.41) is 7.79. The molecule has 2 aromatic carbocycles. The van der Waals surface area contributed by atoms with Crippen LogP contribution in [-0.4, -0.2) is 39.2 Å². The van der Waals surface area contributed by atoms with E-state index in [9.17, 15) is 8.42 Å². The van der Waals surface area contributed by atoms with Gasteiger partial charge in [0.1, 0.15) is 0 Å². The van der Waals surface area contributed by atoms with Gasteiger partial charge in [0.25, 0.3) is 0 Å². The van der Waals surface area contributed by atoms with Gasteiger partial charge in [0.2, 0.25) is 0 Å². The molecular formula is C20H24N4O2S. The molecule has 1 aromatic heterocycles. The second-order valence-corrected chi connectivity index (χ2v) is 8.39. The van der Waals surface area contributed by atoms with Crippen LogP contribution in [-0.2, 0) is 22.8 Å². The molecule has 0 spiro atoms. The first kappa shape index (κ1) is 19.0. The van der Waals surface area contributed by atoms with E-state index < -0.39 is 9.84 Å². The molecular weight excluding hydrogens is 360 g/mol. The van der Waals surface area contributed by atoms with Crippen LogP contribution in [0.3, 0.4) is 0 Å². The number of H-pyrrole nitrogens is 1. The third-order valence-corrected chi connectivity index (χ3v) is 5.53. The molecule has 6 nitrogen and oxygen atoms in total. The van der Waals surface area contributed by atoms with Crippen LogP contribution in [0.15, 0.2) is 64.6 Å². The summed E-state index contributed by atoms with van der Waals surface area (Å²) < 4.78 is 23.0. The third-order valence-electron chi connectivity index (χ3n) is 4.40. The molecule has 3 rings (SSSR count). The molecule has 0 aliphatic heterocycles. The summed E-state index contributed by atoms with van der Waals surface area (Å²) in [6.07, 6.45) is 4.14. The minimum absolute atomic E-state index is 0.326. The normalized spacial score (nSPS) is 12.3. The number of aromatic nitrogens is 1. The van der Waals surface area contributed by atoms with Crippen LogP contribution in [0.2, 0.25) is 0 Å². The fourth-order valence-electron chi connectivity index (χ4n) is 2.91. The van der Waals surface area contributed by atoms with Gasteiger partial charge < -0.3 is 15.6 Å². The molecule has 0 amide bonds. The summed E-state index contributed by atoms with van der Waals surface area (Å²) in [5.41, 5.74) is 3.40. The third kappa shape index (κ3) is 4.89. The molecule has 0 atom stereocenters. The van der Waals surface area contributed by atoms with Gasteiger partial charge in [0, 0.05) is 43.5 Å². The number of nitrogens with one attached hydrogen (secondary N) is 3. The molecule has 1 heterocycles. The average molecular weight is 385 g/mol. The van der Waals surface area contributed by atoms with Crippen molar-refractivity contribution in [2.45, 2.75) is 17.9 Å². The minimum Gasteiger partial charge on any atom is -0.361 e. The summed E-state index contributed by atoms with van der Waals surface area (Å²) in [6, 6.07) is 15.1. The Morgan fingerprint density at radius 2 is 1.81 bits per heavy atom. The zero-order valence-electron chi connectivity index (χ0n) is 15.5. The monoisotopic (exact) mass is 384 g/mol. The van der Waals surface area contributed by atoms with E-state index >= 15 is 0 Å². The smallest absolute Gasteiger partial charge is 0.191 e. The van der Waals surface area contributed by atoms with E-state index in [-0.39, 0.29) is 0 Å². The maximum absolute atomic E-state index is 11.5. The predicted molar refractivity (Wildman–Crippen MR) is 110 cm³/mol. The van der Waals surface area contributed by atoms with Crippen LogP contribution < -0.4 is 10.6 Å². The molecule has 0 unspecified atom stereocenters. The number of para-hydroxylation sites is 1. The number of nitrogens with zero attached hydrogens (tertiary/aromatic N) is 1.